The number of nitrogens with one attached hydrogen (secondary N) is 1. The number of anilines is 1. The molecule has 0 bridgehead atoms. The van der Waals surface area contributed by atoms with Gasteiger partial charge in [-0.15, -0.1) is 0 Å². The van der Waals surface area contributed by atoms with Crippen molar-refractivity contribution >= 4 is 23.2 Å². The summed E-state index contributed by atoms with van der Waals surface area (Å²) in [5, 5.41) is 2.69. The summed E-state index contributed by atoms with van der Waals surface area (Å²) in [5.41, 5.74) is 0.521. The van der Waals surface area contributed by atoms with Gasteiger partial charge < -0.3 is 5.32 Å². The van der Waals surface area contributed by atoms with Gasteiger partial charge in [0.1, 0.15) is 11.6 Å². The third kappa shape index (κ3) is 3.78. The Kier molecular flexibility index (Phi) is 4.69. The SMILES string of the molecule is O=C(CCc1ccccc1F)Nc1ccc(Cl)cc1F. The van der Waals surface area contributed by atoms with Crippen LogP contribution in [0.3, 0.4) is 0 Å². The Bertz CT molecular complexity index is 631. The first kappa shape index (κ1) is 14.5. The molecule has 0 radical (unpaired) electrons. The summed E-state index contributed by atoms with van der Waals surface area (Å²) in [7, 11) is 0. The maximum Gasteiger partial charge on any atom is 0.224 e. The third-order valence-electron chi connectivity index (χ3n) is 2.78. The fourth-order valence-electron chi connectivity index (χ4n) is 1.75. The number of amides is 1. The van der Waals surface area contributed by atoms with Gasteiger partial charge in [0.05, 0.1) is 5.69 Å². The minimum atomic E-state index is -0.600. The summed E-state index contributed by atoms with van der Waals surface area (Å²) in [6, 6.07) is 10.2. The van der Waals surface area contributed by atoms with E-state index in [9.17, 15) is 13.6 Å². The molecule has 0 saturated carbocycles. The molecular weight excluding hydrogens is 284 g/mol. The normalized spacial score (nSPS) is 10.3. The zero-order valence-corrected chi connectivity index (χ0v) is 11.3. The average molecular weight is 296 g/mol. The number of halogens is 3. The first-order valence-corrected chi connectivity index (χ1v) is 6.42. The van der Waals surface area contributed by atoms with E-state index in [-0.39, 0.29) is 35.3 Å². The Morgan fingerprint density at radius 1 is 1.10 bits per heavy atom. The molecule has 5 heteroatoms. The van der Waals surface area contributed by atoms with Crippen LogP contribution in [0, 0.1) is 11.6 Å². The van der Waals surface area contributed by atoms with E-state index in [0.717, 1.165) is 6.07 Å². The highest BCUT2D eigenvalue weighted by Gasteiger charge is 2.09. The van der Waals surface area contributed by atoms with Crippen molar-refractivity contribution in [1.29, 1.82) is 0 Å². The van der Waals surface area contributed by atoms with Gasteiger partial charge >= 0.3 is 0 Å². The van der Waals surface area contributed by atoms with Gasteiger partial charge in [0.15, 0.2) is 0 Å². The molecule has 1 N–H and O–H groups in total. The molecule has 0 unspecified atom stereocenters. The number of hydrogen-bond acceptors (Lipinski definition) is 1. The lowest BCUT2D eigenvalue weighted by atomic mass is 10.1. The summed E-state index contributed by atoms with van der Waals surface area (Å²) in [4.78, 5) is 11.7. The van der Waals surface area contributed by atoms with E-state index >= 15 is 0 Å². The van der Waals surface area contributed by atoms with Crippen LogP contribution < -0.4 is 5.32 Å². The standard InChI is InChI=1S/C15H12ClF2NO/c16-11-6-7-14(13(18)9-11)19-15(20)8-5-10-3-1-2-4-12(10)17/h1-4,6-7,9H,5,8H2,(H,19,20). The molecule has 0 aliphatic rings. The molecule has 0 aliphatic heterocycles. The molecule has 104 valence electrons. The minimum Gasteiger partial charge on any atom is -0.324 e. The minimum absolute atomic E-state index is 0.0629. The zero-order valence-electron chi connectivity index (χ0n) is 10.5. The molecule has 0 aromatic heterocycles. The number of aryl methyl sites for hydroxylation is 1. The zero-order chi connectivity index (χ0) is 14.5. The molecular formula is C15H12ClF2NO. The summed E-state index contributed by atoms with van der Waals surface area (Å²) in [6.07, 6.45) is 0.330. The fourth-order valence-corrected chi connectivity index (χ4v) is 1.91. The summed E-state index contributed by atoms with van der Waals surface area (Å²) >= 11 is 5.62. The molecule has 0 aliphatic carbocycles. The highest BCUT2D eigenvalue weighted by atomic mass is 35.5. The first-order chi connectivity index (χ1) is 9.56. The quantitative estimate of drug-likeness (QED) is 0.900. The van der Waals surface area contributed by atoms with Crippen molar-refractivity contribution in [3.05, 3.63) is 64.7 Å². The van der Waals surface area contributed by atoms with Crippen LogP contribution in [-0.4, -0.2) is 5.91 Å². The third-order valence-corrected chi connectivity index (χ3v) is 3.02. The monoisotopic (exact) mass is 295 g/mol. The second kappa shape index (κ2) is 6.48. The second-order valence-corrected chi connectivity index (χ2v) is 4.70. The number of carbonyl (C=O) groups excluding carboxylic acids is 1. The van der Waals surface area contributed by atoms with Gasteiger partial charge in [-0.2, -0.15) is 0 Å². The van der Waals surface area contributed by atoms with E-state index in [1.807, 2.05) is 0 Å². The maximum absolute atomic E-state index is 13.5. The van der Waals surface area contributed by atoms with Crippen molar-refractivity contribution in [2.24, 2.45) is 0 Å². The lowest BCUT2D eigenvalue weighted by molar-refractivity contribution is -0.116. The Hall–Kier alpha value is -1.94. The largest absolute Gasteiger partial charge is 0.324 e. The summed E-state index contributed by atoms with van der Waals surface area (Å²) in [6.45, 7) is 0. The first-order valence-electron chi connectivity index (χ1n) is 6.04. The van der Waals surface area contributed by atoms with Gasteiger partial charge in [0.25, 0.3) is 0 Å². The topological polar surface area (TPSA) is 29.1 Å². The lowest BCUT2D eigenvalue weighted by Gasteiger charge is -2.07. The van der Waals surface area contributed by atoms with Crippen LogP contribution in [0.1, 0.15) is 12.0 Å². The van der Waals surface area contributed by atoms with Gasteiger partial charge in [0, 0.05) is 11.4 Å². The highest BCUT2D eigenvalue weighted by Crippen LogP contribution is 2.19. The van der Waals surface area contributed by atoms with Crippen LogP contribution in [0.5, 0.6) is 0 Å². The highest BCUT2D eigenvalue weighted by molar-refractivity contribution is 6.30. The maximum atomic E-state index is 13.5. The number of hydrogen-bond donors (Lipinski definition) is 1. The second-order valence-electron chi connectivity index (χ2n) is 4.26. The van der Waals surface area contributed by atoms with E-state index in [1.165, 1.54) is 18.2 Å². The number of carbonyl (C=O) groups is 1. The van der Waals surface area contributed by atoms with Crippen LogP contribution in [0.4, 0.5) is 14.5 Å². The van der Waals surface area contributed by atoms with Crippen LogP contribution >= 0.6 is 11.6 Å². The fraction of sp³-hybridized carbons (Fsp3) is 0.133. The Labute approximate surface area is 120 Å². The Morgan fingerprint density at radius 2 is 1.85 bits per heavy atom. The van der Waals surface area contributed by atoms with E-state index in [1.54, 1.807) is 18.2 Å². The van der Waals surface area contributed by atoms with E-state index in [0.29, 0.717) is 5.56 Å². The molecule has 0 fully saturated rings. The van der Waals surface area contributed by atoms with Crippen molar-refractivity contribution in [2.75, 3.05) is 5.32 Å². The van der Waals surface area contributed by atoms with Gasteiger partial charge in [-0.05, 0) is 36.2 Å². The Morgan fingerprint density at radius 3 is 2.55 bits per heavy atom. The van der Waals surface area contributed by atoms with Crippen molar-refractivity contribution in [2.45, 2.75) is 12.8 Å². The van der Waals surface area contributed by atoms with Crippen molar-refractivity contribution < 1.29 is 13.6 Å². The van der Waals surface area contributed by atoms with E-state index in [2.05, 4.69) is 5.32 Å². The summed E-state index contributed by atoms with van der Waals surface area (Å²) in [5.74, 6) is -1.33. The molecule has 0 saturated heterocycles. The summed E-state index contributed by atoms with van der Waals surface area (Å²) < 4.78 is 26.8. The van der Waals surface area contributed by atoms with Gasteiger partial charge in [-0.1, -0.05) is 29.8 Å². The van der Waals surface area contributed by atoms with Gasteiger partial charge in [-0.25, -0.2) is 8.78 Å². The number of benzene rings is 2. The average Bonchev–Trinajstić information content (AvgIpc) is 2.41. The van der Waals surface area contributed by atoms with Crippen LogP contribution in [0.2, 0.25) is 5.02 Å². The molecule has 2 rings (SSSR count). The predicted octanol–water partition coefficient (Wildman–Crippen LogP) is 4.19. The van der Waals surface area contributed by atoms with Crippen molar-refractivity contribution in [3.63, 3.8) is 0 Å². The van der Waals surface area contributed by atoms with Crippen LogP contribution in [0.25, 0.3) is 0 Å². The van der Waals surface area contributed by atoms with Crippen molar-refractivity contribution in [3.8, 4) is 0 Å². The molecule has 0 atom stereocenters. The molecule has 0 heterocycles. The smallest absolute Gasteiger partial charge is 0.224 e. The Balaban J connectivity index is 1.94. The van der Waals surface area contributed by atoms with Gasteiger partial charge in [-0.3, -0.25) is 4.79 Å². The molecule has 2 aromatic rings. The van der Waals surface area contributed by atoms with Crippen LogP contribution in [0.15, 0.2) is 42.5 Å². The van der Waals surface area contributed by atoms with E-state index < -0.39 is 5.82 Å². The number of rotatable bonds is 4. The molecule has 2 aromatic carbocycles. The predicted molar refractivity (Wildman–Crippen MR) is 74.8 cm³/mol. The molecule has 1 amide bonds. The van der Waals surface area contributed by atoms with Crippen molar-refractivity contribution in [1.82, 2.24) is 0 Å². The molecule has 20 heavy (non-hydrogen) atoms. The molecule has 2 nitrogen and oxygen atoms in total. The van der Waals surface area contributed by atoms with Crippen LogP contribution in [-0.2, 0) is 11.2 Å². The molecule has 0 spiro atoms. The van der Waals surface area contributed by atoms with Gasteiger partial charge in [0.2, 0.25) is 5.91 Å². The van der Waals surface area contributed by atoms with E-state index in [4.69, 9.17) is 11.6 Å². The lowest BCUT2D eigenvalue weighted by Crippen LogP contribution is -2.13.